The number of urea groups is 1. The molecule has 0 atom stereocenters. The molecule has 5 fully saturated rings. The van der Waals surface area contributed by atoms with Crippen LogP contribution in [0.2, 0.25) is 0 Å². The van der Waals surface area contributed by atoms with Crippen LogP contribution in [0.1, 0.15) is 57.8 Å². The van der Waals surface area contributed by atoms with Crippen molar-refractivity contribution in [1.82, 2.24) is 9.62 Å². The number of hydrogen-bond acceptors (Lipinski definition) is 3. The van der Waals surface area contributed by atoms with Gasteiger partial charge in [-0.15, -0.1) is 0 Å². The van der Waals surface area contributed by atoms with E-state index in [0.29, 0.717) is 18.8 Å². The zero-order valence-electron chi connectivity index (χ0n) is 16.9. The smallest absolute Gasteiger partial charge is 0.319 e. The Labute approximate surface area is 173 Å². The Hall–Kier alpha value is -1.60. The van der Waals surface area contributed by atoms with Crippen LogP contribution >= 0.6 is 0 Å². The van der Waals surface area contributed by atoms with E-state index in [1.807, 2.05) is 0 Å². The third kappa shape index (κ3) is 3.79. The Morgan fingerprint density at radius 1 is 0.966 bits per heavy atom. The summed E-state index contributed by atoms with van der Waals surface area (Å²) in [6.07, 6.45) is 10.2. The standard InChI is InChI=1S/C22H31N3O3S/c26-21(24-22-13-16-9-17(14-22)11-18(10-16)15-22)23-19-5-4-6-20(12-19)29(27,28)25-7-2-1-3-8-25/h4-6,12,16-18H,1-3,7-11,13-15H2,(H2,23,24,26). The minimum absolute atomic E-state index is 0.0592. The Balaban J connectivity index is 1.27. The van der Waals surface area contributed by atoms with Gasteiger partial charge in [0.25, 0.3) is 0 Å². The fourth-order valence-corrected chi connectivity index (χ4v) is 8.22. The van der Waals surface area contributed by atoms with Crippen molar-refractivity contribution in [2.75, 3.05) is 18.4 Å². The molecule has 1 heterocycles. The average Bonchev–Trinajstić information content (AvgIpc) is 2.67. The van der Waals surface area contributed by atoms with Crippen molar-refractivity contribution in [1.29, 1.82) is 0 Å². The van der Waals surface area contributed by atoms with Gasteiger partial charge in [-0.2, -0.15) is 4.31 Å². The Bertz CT molecular complexity index is 857. The van der Waals surface area contributed by atoms with Crippen LogP contribution in [0.3, 0.4) is 0 Å². The van der Waals surface area contributed by atoms with Gasteiger partial charge < -0.3 is 10.6 Å². The molecule has 1 aromatic carbocycles. The van der Waals surface area contributed by atoms with E-state index in [-0.39, 0.29) is 16.5 Å². The molecule has 158 valence electrons. The van der Waals surface area contributed by atoms with Gasteiger partial charge in [-0.3, -0.25) is 0 Å². The lowest BCUT2D eigenvalue weighted by Crippen LogP contribution is -2.60. The summed E-state index contributed by atoms with van der Waals surface area (Å²) in [5.74, 6) is 2.29. The van der Waals surface area contributed by atoms with Gasteiger partial charge in [-0.05, 0) is 87.3 Å². The molecule has 0 unspecified atom stereocenters. The zero-order valence-corrected chi connectivity index (χ0v) is 17.7. The topological polar surface area (TPSA) is 78.5 Å². The normalized spacial score (nSPS) is 34.1. The second-order valence-electron chi connectivity index (χ2n) is 9.77. The molecule has 6 rings (SSSR count). The maximum atomic E-state index is 12.9. The summed E-state index contributed by atoms with van der Waals surface area (Å²) in [4.78, 5) is 13.0. The summed E-state index contributed by atoms with van der Waals surface area (Å²) < 4.78 is 27.4. The van der Waals surface area contributed by atoms with Crippen molar-refractivity contribution >= 4 is 21.7 Å². The van der Waals surface area contributed by atoms with Gasteiger partial charge in [0.1, 0.15) is 0 Å². The molecule has 2 N–H and O–H groups in total. The quantitative estimate of drug-likeness (QED) is 0.779. The molecule has 6 nitrogen and oxygen atoms in total. The molecule has 5 aliphatic rings. The molecule has 1 aromatic rings. The predicted molar refractivity (Wildman–Crippen MR) is 112 cm³/mol. The van der Waals surface area contributed by atoms with Crippen LogP contribution in [0, 0.1) is 17.8 Å². The number of amides is 2. The molecular weight excluding hydrogens is 386 g/mol. The van der Waals surface area contributed by atoms with E-state index in [4.69, 9.17) is 0 Å². The van der Waals surface area contributed by atoms with Crippen molar-refractivity contribution in [3.8, 4) is 0 Å². The first kappa shape index (κ1) is 19.4. The van der Waals surface area contributed by atoms with E-state index in [9.17, 15) is 13.2 Å². The first-order chi connectivity index (χ1) is 13.9. The monoisotopic (exact) mass is 417 g/mol. The third-order valence-corrected chi connectivity index (χ3v) is 9.36. The number of rotatable bonds is 4. The molecule has 29 heavy (non-hydrogen) atoms. The first-order valence-corrected chi connectivity index (χ1v) is 12.6. The number of sulfonamides is 1. The summed E-state index contributed by atoms with van der Waals surface area (Å²) in [5.41, 5.74) is 0.473. The van der Waals surface area contributed by atoms with E-state index >= 15 is 0 Å². The second kappa shape index (κ2) is 7.27. The molecule has 0 spiro atoms. The lowest BCUT2D eigenvalue weighted by molar-refractivity contribution is -0.0127. The largest absolute Gasteiger partial charge is 0.332 e. The van der Waals surface area contributed by atoms with Gasteiger partial charge in [0.05, 0.1) is 4.90 Å². The van der Waals surface area contributed by atoms with Gasteiger partial charge in [0, 0.05) is 24.3 Å². The highest BCUT2D eigenvalue weighted by Crippen LogP contribution is 2.55. The lowest BCUT2D eigenvalue weighted by atomic mass is 9.53. The molecule has 0 aromatic heterocycles. The SMILES string of the molecule is O=C(Nc1cccc(S(=O)(=O)N2CCCCC2)c1)NC12CC3CC(CC(C3)C1)C2. The number of anilines is 1. The van der Waals surface area contributed by atoms with Crippen molar-refractivity contribution in [3.05, 3.63) is 24.3 Å². The summed E-state index contributed by atoms with van der Waals surface area (Å²) in [6.45, 7) is 1.15. The highest BCUT2D eigenvalue weighted by atomic mass is 32.2. The number of piperidine rings is 1. The van der Waals surface area contributed by atoms with Gasteiger partial charge in [0.15, 0.2) is 0 Å². The van der Waals surface area contributed by atoms with Gasteiger partial charge >= 0.3 is 6.03 Å². The van der Waals surface area contributed by atoms with Crippen LogP contribution in [0.4, 0.5) is 10.5 Å². The van der Waals surface area contributed by atoms with Crippen LogP contribution in [0.25, 0.3) is 0 Å². The molecule has 7 heteroatoms. The van der Waals surface area contributed by atoms with E-state index in [0.717, 1.165) is 56.3 Å². The fraction of sp³-hybridized carbons (Fsp3) is 0.682. The average molecular weight is 418 g/mol. The van der Waals surface area contributed by atoms with Crippen LogP contribution < -0.4 is 10.6 Å². The first-order valence-electron chi connectivity index (χ1n) is 11.1. The van der Waals surface area contributed by atoms with Gasteiger partial charge in [0.2, 0.25) is 10.0 Å². The Morgan fingerprint density at radius 2 is 1.59 bits per heavy atom. The van der Waals surface area contributed by atoms with Crippen LogP contribution in [0.5, 0.6) is 0 Å². The zero-order chi connectivity index (χ0) is 20.1. The molecule has 4 bridgehead atoms. The Morgan fingerprint density at radius 3 is 2.21 bits per heavy atom. The minimum atomic E-state index is -3.50. The number of hydrogen-bond donors (Lipinski definition) is 2. The van der Waals surface area contributed by atoms with Crippen LogP contribution in [0.15, 0.2) is 29.2 Å². The summed E-state index contributed by atoms with van der Waals surface area (Å²) >= 11 is 0. The molecule has 0 radical (unpaired) electrons. The summed E-state index contributed by atoms with van der Waals surface area (Å²) in [7, 11) is -3.50. The van der Waals surface area contributed by atoms with Gasteiger partial charge in [-0.25, -0.2) is 13.2 Å². The number of nitrogens with zero attached hydrogens (tertiary/aromatic N) is 1. The number of nitrogens with one attached hydrogen (secondary N) is 2. The number of carbonyl (C=O) groups excluding carboxylic acids is 1. The second-order valence-corrected chi connectivity index (χ2v) is 11.7. The van der Waals surface area contributed by atoms with E-state index in [2.05, 4.69) is 10.6 Å². The van der Waals surface area contributed by atoms with Crippen molar-refractivity contribution in [2.24, 2.45) is 17.8 Å². The molecule has 4 saturated carbocycles. The molecule has 1 aliphatic heterocycles. The maximum absolute atomic E-state index is 12.9. The number of benzene rings is 1. The van der Waals surface area contributed by atoms with Crippen molar-refractivity contribution < 1.29 is 13.2 Å². The summed E-state index contributed by atoms with van der Waals surface area (Å²) in [6, 6.07) is 6.46. The maximum Gasteiger partial charge on any atom is 0.319 e. The van der Waals surface area contributed by atoms with E-state index in [1.54, 1.807) is 28.6 Å². The van der Waals surface area contributed by atoms with E-state index < -0.39 is 10.0 Å². The highest BCUT2D eigenvalue weighted by molar-refractivity contribution is 7.89. The van der Waals surface area contributed by atoms with Gasteiger partial charge in [-0.1, -0.05) is 12.5 Å². The van der Waals surface area contributed by atoms with Crippen molar-refractivity contribution in [2.45, 2.75) is 68.2 Å². The van der Waals surface area contributed by atoms with Crippen molar-refractivity contribution in [3.63, 3.8) is 0 Å². The van der Waals surface area contributed by atoms with Crippen LogP contribution in [-0.4, -0.2) is 37.4 Å². The molecule has 2 amide bonds. The Kier molecular flexibility index (Phi) is 4.86. The van der Waals surface area contributed by atoms with Crippen LogP contribution in [-0.2, 0) is 10.0 Å². The number of carbonyl (C=O) groups is 1. The third-order valence-electron chi connectivity index (χ3n) is 7.46. The molecule has 1 saturated heterocycles. The highest BCUT2D eigenvalue weighted by Gasteiger charge is 2.51. The lowest BCUT2D eigenvalue weighted by Gasteiger charge is -2.56. The van der Waals surface area contributed by atoms with E-state index in [1.165, 1.54) is 19.3 Å². The molecular formula is C22H31N3O3S. The predicted octanol–water partition coefficient (Wildman–Crippen LogP) is 3.95. The fourth-order valence-electron chi connectivity index (χ4n) is 6.66. The molecule has 4 aliphatic carbocycles. The minimum Gasteiger partial charge on any atom is -0.332 e. The summed E-state index contributed by atoms with van der Waals surface area (Å²) in [5, 5.41) is 6.18.